The Hall–Kier alpha value is -1.61. The highest BCUT2D eigenvalue weighted by atomic mass is 16.2. The minimum atomic E-state index is -0.367. The van der Waals surface area contributed by atoms with Crippen molar-refractivity contribution in [2.75, 3.05) is 13.1 Å². The Morgan fingerprint density at radius 2 is 1.76 bits per heavy atom. The molecule has 17 heavy (non-hydrogen) atoms. The minimum absolute atomic E-state index is 0.111. The summed E-state index contributed by atoms with van der Waals surface area (Å²) in [7, 11) is 0. The molecule has 2 rings (SSSR count). The number of hydrogen-bond donors (Lipinski definition) is 2. The number of piperidine rings is 1. The van der Waals surface area contributed by atoms with E-state index in [9.17, 15) is 4.79 Å². The molecule has 3 nitrogen and oxygen atoms in total. The van der Waals surface area contributed by atoms with E-state index in [-0.39, 0.29) is 11.3 Å². The summed E-state index contributed by atoms with van der Waals surface area (Å²) in [5.74, 6) is 0.111. The number of hydrogen-bond acceptors (Lipinski definition) is 2. The van der Waals surface area contributed by atoms with E-state index in [1.807, 2.05) is 12.2 Å². The van der Waals surface area contributed by atoms with Crippen LogP contribution in [0.1, 0.15) is 12.8 Å². The van der Waals surface area contributed by atoms with Gasteiger partial charge in [0.15, 0.2) is 0 Å². The molecule has 0 atom stereocenters. The fourth-order valence-electron chi connectivity index (χ4n) is 2.66. The number of carbonyl (C=O) groups excluding carboxylic acids is 1. The van der Waals surface area contributed by atoms with Gasteiger partial charge in [-0.1, -0.05) is 31.4 Å². The van der Waals surface area contributed by atoms with Gasteiger partial charge in [0.05, 0.1) is 5.41 Å². The third kappa shape index (κ3) is 1.87. The van der Waals surface area contributed by atoms with Crippen molar-refractivity contribution in [3.05, 3.63) is 48.7 Å². The highest BCUT2D eigenvalue weighted by molar-refractivity contribution is 5.94. The quantitative estimate of drug-likeness (QED) is 0.757. The summed E-state index contributed by atoms with van der Waals surface area (Å²) in [6, 6.07) is 0. The van der Waals surface area contributed by atoms with E-state index >= 15 is 0 Å². The first-order valence-corrected chi connectivity index (χ1v) is 5.93. The monoisotopic (exact) mass is 230 g/mol. The molecule has 0 aromatic carbocycles. The summed E-state index contributed by atoms with van der Waals surface area (Å²) in [5.41, 5.74) is 1.56. The van der Waals surface area contributed by atoms with Crippen LogP contribution in [0.4, 0.5) is 0 Å². The Kier molecular flexibility index (Phi) is 3.29. The van der Waals surface area contributed by atoms with Crippen LogP contribution in [0.3, 0.4) is 0 Å². The predicted octanol–water partition coefficient (Wildman–Crippen LogP) is 1.67. The third-order valence-corrected chi connectivity index (χ3v) is 3.51. The van der Waals surface area contributed by atoms with E-state index < -0.39 is 0 Å². The first kappa shape index (κ1) is 11.9. The van der Waals surface area contributed by atoms with E-state index in [0.29, 0.717) is 0 Å². The molecule has 0 bridgehead atoms. The second-order valence-corrected chi connectivity index (χ2v) is 4.42. The van der Waals surface area contributed by atoms with Crippen molar-refractivity contribution in [3.8, 4) is 0 Å². The highest BCUT2D eigenvalue weighted by Crippen LogP contribution is 2.44. The zero-order valence-corrected chi connectivity index (χ0v) is 9.96. The number of rotatable bonds is 2. The van der Waals surface area contributed by atoms with Gasteiger partial charge in [-0.15, -0.1) is 0 Å². The molecule has 2 fully saturated rings. The molecular weight excluding hydrogens is 212 g/mol. The minimum Gasteiger partial charge on any atom is -0.325 e. The van der Waals surface area contributed by atoms with E-state index in [2.05, 4.69) is 23.8 Å². The summed E-state index contributed by atoms with van der Waals surface area (Å²) in [5, 5.41) is 6.25. The lowest BCUT2D eigenvalue weighted by Gasteiger charge is -2.32. The molecule has 2 saturated heterocycles. The third-order valence-electron chi connectivity index (χ3n) is 3.51. The van der Waals surface area contributed by atoms with E-state index in [1.54, 1.807) is 12.2 Å². The Morgan fingerprint density at radius 3 is 2.35 bits per heavy atom. The maximum atomic E-state index is 12.2. The smallest absolute Gasteiger partial charge is 0.235 e. The Morgan fingerprint density at radius 1 is 1.12 bits per heavy atom. The van der Waals surface area contributed by atoms with E-state index in [0.717, 1.165) is 37.2 Å². The molecule has 2 aliphatic rings. The van der Waals surface area contributed by atoms with Gasteiger partial charge in [-0.2, -0.15) is 0 Å². The zero-order valence-electron chi connectivity index (χ0n) is 9.96. The van der Waals surface area contributed by atoms with E-state index in [4.69, 9.17) is 0 Å². The molecule has 1 amide bonds. The van der Waals surface area contributed by atoms with Gasteiger partial charge in [0.1, 0.15) is 0 Å². The van der Waals surface area contributed by atoms with Gasteiger partial charge < -0.3 is 10.6 Å². The predicted molar refractivity (Wildman–Crippen MR) is 69.2 cm³/mol. The van der Waals surface area contributed by atoms with Crippen LogP contribution in [0.25, 0.3) is 0 Å². The van der Waals surface area contributed by atoms with Crippen LogP contribution < -0.4 is 10.6 Å². The number of carbonyl (C=O) groups is 1. The van der Waals surface area contributed by atoms with Gasteiger partial charge in [-0.25, -0.2) is 0 Å². The van der Waals surface area contributed by atoms with Crippen molar-refractivity contribution in [2.45, 2.75) is 12.8 Å². The first-order valence-electron chi connectivity index (χ1n) is 5.93. The molecule has 2 heterocycles. The maximum Gasteiger partial charge on any atom is 0.235 e. The van der Waals surface area contributed by atoms with Crippen molar-refractivity contribution in [1.29, 1.82) is 0 Å². The summed E-state index contributed by atoms with van der Waals surface area (Å²) in [6.07, 6.45) is 8.92. The lowest BCUT2D eigenvalue weighted by Crippen LogP contribution is -2.42. The molecule has 0 aromatic heterocycles. The number of amides is 1. The topological polar surface area (TPSA) is 41.1 Å². The molecule has 1 spiro atoms. The van der Waals surface area contributed by atoms with Crippen LogP contribution in [-0.4, -0.2) is 19.0 Å². The number of nitrogens with one attached hydrogen (secondary N) is 2. The lowest BCUT2D eigenvalue weighted by atomic mass is 9.73. The Bertz CT molecular complexity index is 412. The lowest BCUT2D eigenvalue weighted by molar-refractivity contribution is -0.127. The standard InChI is InChI=1S/C14H18N2O/c1-3-5-11-12(6-4-2)16-13(17)14(11)7-9-15-10-8-14/h3-6,15H,1-2,7-10H2,(H,16,17)/b11-5+,12-6+. The molecule has 0 aromatic rings. The van der Waals surface area contributed by atoms with Crippen molar-refractivity contribution in [1.82, 2.24) is 10.6 Å². The van der Waals surface area contributed by atoms with E-state index in [1.165, 1.54) is 0 Å². The van der Waals surface area contributed by atoms with Crippen LogP contribution in [0.2, 0.25) is 0 Å². The summed E-state index contributed by atoms with van der Waals surface area (Å²) >= 11 is 0. The molecule has 90 valence electrons. The molecular formula is C14H18N2O. The van der Waals surface area contributed by atoms with Crippen molar-refractivity contribution < 1.29 is 4.79 Å². The van der Waals surface area contributed by atoms with Gasteiger partial charge >= 0.3 is 0 Å². The van der Waals surface area contributed by atoms with Gasteiger partial charge in [0, 0.05) is 5.70 Å². The maximum absolute atomic E-state index is 12.2. The van der Waals surface area contributed by atoms with Crippen LogP contribution in [0, 0.1) is 5.41 Å². The summed E-state index contributed by atoms with van der Waals surface area (Å²) < 4.78 is 0. The number of allylic oxidation sites excluding steroid dienone is 5. The summed E-state index contributed by atoms with van der Waals surface area (Å²) in [4.78, 5) is 12.2. The van der Waals surface area contributed by atoms with Crippen LogP contribution in [-0.2, 0) is 4.79 Å². The zero-order chi connectivity index (χ0) is 12.3. The van der Waals surface area contributed by atoms with Gasteiger partial charge in [-0.05, 0) is 37.6 Å². The summed E-state index contributed by atoms with van der Waals surface area (Å²) in [6.45, 7) is 9.18. The molecule has 0 radical (unpaired) electrons. The molecule has 0 aliphatic carbocycles. The Balaban J connectivity index is 2.46. The van der Waals surface area contributed by atoms with Gasteiger partial charge in [-0.3, -0.25) is 4.79 Å². The largest absolute Gasteiger partial charge is 0.325 e. The van der Waals surface area contributed by atoms with Crippen molar-refractivity contribution >= 4 is 5.91 Å². The molecule has 0 saturated carbocycles. The van der Waals surface area contributed by atoms with Gasteiger partial charge in [0.25, 0.3) is 0 Å². The molecule has 2 aliphatic heterocycles. The van der Waals surface area contributed by atoms with Crippen molar-refractivity contribution in [2.24, 2.45) is 5.41 Å². The molecule has 2 N–H and O–H groups in total. The average Bonchev–Trinajstić information content (AvgIpc) is 2.57. The average molecular weight is 230 g/mol. The Labute approximate surface area is 102 Å². The first-order chi connectivity index (χ1) is 8.24. The normalized spacial score (nSPS) is 27.4. The van der Waals surface area contributed by atoms with Crippen LogP contribution in [0.15, 0.2) is 48.7 Å². The fourth-order valence-corrected chi connectivity index (χ4v) is 2.66. The van der Waals surface area contributed by atoms with Crippen LogP contribution in [0.5, 0.6) is 0 Å². The SMILES string of the molecule is C=C/C=C1\C(=C/C=C)NC(=O)C12CCNCC2. The van der Waals surface area contributed by atoms with Crippen molar-refractivity contribution in [3.63, 3.8) is 0 Å². The second-order valence-electron chi connectivity index (χ2n) is 4.42. The highest BCUT2D eigenvalue weighted by Gasteiger charge is 2.48. The molecule has 0 unspecified atom stereocenters. The van der Waals surface area contributed by atoms with Crippen LogP contribution >= 0.6 is 0 Å². The van der Waals surface area contributed by atoms with Gasteiger partial charge in [0.2, 0.25) is 5.91 Å². The fraction of sp³-hybridized carbons (Fsp3) is 0.357. The molecule has 3 heteroatoms. The second kappa shape index (κ2) is 4.72.